The van der Waals surface area contributed by atoms with E-state index in [9.17, 15) is 13.2 Å². The Balaban J connectivity index is 1.68. The molecule has 0 aliphatic rings. The van der Waals surface area contributed by atoms with Crippen molar-refractivity contribution < 1.29 is 13.2 Å². The molecule has 0 saturated carbocycles. The number of halogens is 1. The fourth-order valence-corrected chi connectivity index (χ4v) is 4.88. The molecule has 0 spiro atoms. The highest BCUT2D eigenvalue weighted by Gasteiger charge is 2.17. The highest BCUT2D eigenvalue weighted by molar-refractivity contribution is 7.91. The zero-order valence-electron chi connectivity index (χ0n) is 14.2. The number of hydrogen-bond acceptors (Lipinski definition) is 5. The average Bonchev–Trinajstić information content (AvgIpc) is 3.02. The fraction of sp³-hybridized carbons (Fsp3) is 0.222. The van der Waals surface area contributed by atoms with Gasteiger partial charge in [0, 0.05) is 11.4 Å². The summed E-state index contributed by atoms with van der Waals surface area (Å²) in [6, 6.07) is 9.91. The summed E-state index contributed by atoms with van der Waals surface area (Å²) in [6.07, 6.45) is -0.140. The van der Waals surface area contributed by atoms with E-state index in [4.69, 9.17) is 11.6 Å². The monoisotopic (exact) mass is 408 g/mol. The van der Waals surface area contributed by atoms with E-state index in [0.717, 1.165) is 21.3 Å². The number of thiazole rings is 1. The summed E-state index contributed by atoms with van der Waals surface area (Å²) in [5.74, 6) is -0.652. The summed E-state index contributed by atoms with van der Waals surface area (Å²) in [4.78, 5) is 16.8. The van der Waals surface area contributed by atoms with Gasteiger partial charge in [0.15, 0.2) is 15.0 Å². The van der Waals surface area contributed by atoms with Crippen molar-refractivity contribution in [1.82, 2.24) is 4.98 Å². The van der Waals surface area contributed by atoms with Crippen molar-refractivity contribution in [2.45, 2.75) is 25.2 Å². The van der Waals surface area contributed by atoms with Gasteiger partial charge in [-0.2, -0.15) is 0 Å². The molecule has 2 aromatic carbocycles. The lowest BCUT2D eigenvalue weighted by molar-refractivity contribution is -0.115. The van der Waals surface area contributed by atoms with Gasteiger partial charge in [-0.15, -0.1) is 0 Å². The standard InChI is InChI=1S/C18H17ClN2O3S2/c1-11-3-4-12(2)17-16(11)21-18(25-17)20-15(22)9-10-26(23,24)14-7-5-13(19)6-8-14/h3-8H,9-10H2,1-2H3,(H,20,21,22). The van der Waals surface area contributed by atoms with Crippen molar-refractivity contribution >= 4 is 54.0 Å². The molecule has 136 valence electrons. The second-order valence-corrected chi connectivity index (χ2v) is 9.51. The van der Waals surface area contributed by atoms with E-state index >= 15 is 0 Å². The predicted octanol–water partition coefficient (Wildman–Crippen LogP) is 4.37. The van der Waals surface area contributed by atoms with Crippen LogP contribution in [0.15, 0.2) is 41.3 Å². The minimum Gasteiger partial charge on any atom is -0.302 e. The molecule has 0 saturated heterocycles. The van der Waals surface area contributed by atoms with E-state index < -0.39 is 9.84 Å². The van der Waals surface area contributed by atoms with Gasteiger partial charge in [-0.3, -0.25) is 4.79 Å². The van der Waals surface area contributed by atoms with Crippen LogP contribution in [0.3, 0.4) is 0 Å². The number of sulfone groups is 1. The lowest BCUT2D eigenvalue weighted by atomic mass is 10.1. The zero-order valence-corrected chi connectivity index (χ0v) is 16.6. The molecular weight excluding hydrogens is 392 g/mol. The first kappa shape index (κ1) is 18.8. The van der Waals surface area contributed by atoms with Crippen LogP contribution in [0.25, 0.3) is 10.2 Å². The fourth-order valence-electron chi connectivity index (χ4n) is 2.48. The number of rotatable bonds is 5. The first-order chi connectivity index (χ1) is 12.3. The van der Waals surface area contributed by atoms with E-state index in [0.29, 0.717) is 10.2 Å². The van der Waals surface area contributed by atoms with Crippen LogP contribution in [0.4, 0.5) is 5.13 Å². The molecule has 1 N–H and O–H groups in total. The van der Waals surface area contributed by atoms with Crippen LogP contribution in [-0.4, -0.2) is 25.1 Å². The lowest BCUT2D eigenvalue weighted by Gasteiger charge is -2.04. The molecule has 0 aliphatic heterocycles. The van der Waals surface area contributed by atoms with E-state index in [1.807, 2.05) is 26.0 Å². The Labute approximate surface area is 160 Å². The van der Waals surface area contributed by atoms with E-state index in [1.165, 1.54) is 35.6 Å². The topological polar surface area (TPSA) is 76.1 Å². The van der Waals surface area contributed by atoms with Crippen LogP contribution in [0.5, 0.6) is 0 Å². The van der Waals surface area contributed by atoms with Crippen molar-refractivity contribution in [3.05, 3.63) is 52.5 Å². The van der Waals surface area contributed by atoms with Crippen molar-refractivity contribution in [1.29, 1.82) is 0 Å². The highest BCUT2D eigenvalue weighted by atomic mass is 35.5. The second-order valence-electron chi connectivity index (χ2n) is 5.97. The van der Waals surface area contributed by atoms with Crippen LogP contribution >= 0.6 is 22.9 Å². The molecule has 0 aliphatic carbocycles. The maximum atomic E-state index is 12.3. The van der Waals surface area contributed by atoms with Gasteiger partial charge in [-0.1, -0.05) is 35.1 Å². The van der Waals surface area contributed by atoms with Gasteiger partial charge < -0.3 is 5.32 Å². The van der Waals surface area contributed by atoms with E-state index in [-0.39, 0.29) is 23.0 Å². The molecule has 0 bridgehead atoms. The number of nitrogens with zero attached hydrogens (tertiary/aromatic N) is 1. The number of fused-ring (bicyclic) bond motifs is 1. The Morgan fingerprint density at radius 2 is 1.77 bits per heavy atom. The summed E-state index contributed by atoms with van der Waals surface area (Å²) in [6.45, 7) is 3.95. The first-order valence-corrected chi connectivity index (χ1v) is 10.8. The van der Waals surface area contributed by atoms with Gasteiger partial charge in [0.1, 0.15) is 0 Å². The van der Waals surface area contributed by atoms with E-state index in [2.05, 4.69) is 10.3 Å². The Morgan fingerprint density at radius 3 is 2.42 bits per heavy atom. The van der Waals surface area contributed by atoms with Gasteiger partial charge in [-0.05, 0) is 49.2 Å². The third kappa shape index (κ3) is 4.06. The smallest absolute Gasteiger partial charge is 0.227 e. The molecule has 0 atom stereocenters. The minimum atomic E-state index is -3.54. The Morgan fingerprint density at radius 1 is 1.12 bits per heavy atom. The molecule has 0 unspecified atom stereocenters. The molecular formula is C18H17ClN2O3S2. The summed E-state index contributed by atoms with van der Waals surface area (Å²) < 4.78 is 25.6. The van der Waals surface area contributed by atoms with Gasteiger partial charge in [0.25, 0.3) is 0 Å². The van der Waals surface area contributed by atoms with Crippen LogP contribution in [-0.2, 0) is 14.6 Å². The molecule has 1 heterocycles. The number of aryl methyl sites for hydroxylation is 2. The van der Waals surface area contributed by atoms with Crippen molar-refractivity contribution in [2.75, 3.05) is 11.1 Å². The SMILES string of the molecule is Cc1ccc(C)c2sc(NC(=O)CCS(=O)(=O)c3ccc(Cl)cc3)nc12. The number of nitrogens with one attached hydrogen (secondary N) is 1. The van der Waals surface area contributed by atoms with Crippen LogP contribution in [0, 0.1) is 13.8 Å². The number of carbonyl (C=O) groups excluding carboxylic acids is 1. The lowest BCUT2D eigenvalue weighted by Crippen LogP contribution is -2.17. The average molecular weight is 409 g/mol. The number of benzene rings is 2. The molecule has 0 radical (unpaired) electrons. The van der Waals surface area contributed by atoms with Gasteiger partial charge in [0.2, 0.25) is 5.91 Å². The summed E-state index contributed by atoms with van der Waals surface area (Å²) >= 11 is 7.16. The quantitative estimate of drug-likeness (QED) is 0.680. The molecule has 1 aromatic heterocycles. The maximum absolute atomic E-state index is 12.3. The molecule has 3 aromatic rings. The Kier molecular flexibility index (Phi) is 5.32. The second kappa shape index (κ2) is 7.34. The number of hydrogen-bond donors (Lipinski definition) is 1. The largest absolute Gasteiger partial charge is 0.302 e. The molecule has 26 heavy (non-hydrogen) atoms. The summed E-state index contributed by atoms with van der Waals surface area (Å²) in [7, 11) is -3.54. The van der Waals surface area contributed by atoms with Gasteiger partial charge in [0.05, 0.1) is 20.9 Å². The molecule has 8 heteroatoms. The zero-order chi connectivity index (χ0) is 18.9. The number of anilines is 1. The number of aromatic nitrogens is 1. The van der Waals surface area contributed by atoms with E-state index in [1.54, 1.807) is 0 Å². The third-order valence-corrected chi connectivity index (χ3v) is 7.05. The Hall–Kier alpha value is -1.96. The summed E-state index contributed by atoms with van der Waals surface area (Å²) in [5, 5.41) is 3.64. The normalized spacial score (nSPS) is 11.7. The first-order valence-electron chi connectivity index (χ1n) is 7.91. The van der Waals surface area contributed by atoms with Crippen molar-refractivity contribution in [3.8, 4) is 0 Å². The predicted molar refractivity (Wildman–Crippen MR) is 106 cm³/mol. The van der Waals surface area contributed by atoms with Crippen LogP contribution < -0.4 is 5.32 Å². The molecule has 0 fully saturated rings. The van der Waals surface area contributed by atoms with Gasteiger partial charge >= 0.3 is 0 Å². The van der Waals surface area contributed by atoms with Crippen LogP contribution in [0.2, 0.25) is 5.02 Å². The number of carbonyl (C=O) groups is 1. The maximum Gasteiger partial charge on any atom is 0.227 e. The third-order valence-electron chi connectivity index (χ3n) is 3.96. The molecule has 5 nitrogen and oxygen atoms in total. The Bertz CT molecular complexity index is 1030. The highest BCUT2D eigenvalue weighted by Crippen LogP contribution is 2.30. The number of amides is 1. The molecule has 3 rings (SSSR count). The molecule has 1 amide bonds. The summed E-state index contributed by atoms with van der Waals surface area (Å²) in [5.41, 5.74) is 2.99. The van der Waals surface area contributed by atoms with Gasteiger partial charge in [-0.25, -0.2) is 13.4 Å². The minimum absolute atomic E-state index is 0.140. The van der Waals surface area contributed by atoms with Crippen LogP contribution in [0.1, 0.15) is 17.5 Å². The van der Waals surface area contributed by atoms with Crippen molar-refractivity contribution in [3.63, 3.8) is 0 Å². The van der Waals surface area contributed by atoms with Crippen molar-refractivity contribution in [2.24, 2.45) is 0 Å².